The summed E-state index contributed by atoms with van der Waals surface area (Å²) in [5.41, 5.74) is -1.51. The van der Waals surface area contributed by atoms with Gasteiger partial charge in [0.15, 0.2) is 0 Å². The maximum Gasteiger partial charge on any atom is 0.417 e. The zero-order chi connectivity index (χ0) is 19.0. The molecule has 4 nitrogen and oxygen atoms in total. The highest BCUT2D eigenvalue weighted by Gasteiger charge is 2.34. The van der Waals surface area contributed by atoms with Crippen molar-refractivity contribution < 1.29 is 26.3 Å². The van der Waals surface area contributed by atoms with Crippen LogP contribution in [0.2, 0.25) is 15.1 Å². The molecule has 136 valence electrons. The molecule has 0 aliphatic carbocycles. The molecule has 0 aliphatic rings. The Morgan fingerprint density at radius 3 is 2.24 bits per heavy atom. The lowest BCUT2D eigenvalue weighted by Gasteiger charge is -2.14. The molecule has 0 aromatic heterocycles. The molecule has 0 saturated carbocycles. The average molecular weight is 435 g/mol. The number of rotatable bonds is 4. The molecule has 2 rings (SSSR count). The number of ether oxygens (including phenoxy) is 1. The minimum atomic E-state index is -4.74. The molecule has 0 radical (unpaired) electrons. The van der Waals surface area contributed by atoms with Crippen molar-refractivity contribution in [1.82, 2.24) is 0 Å². The summed E-state index contributed by atoms with van der Waals surface area (Å²) in [7, 11) is -2.98. The van der Waals surface area contributed by atoms with Gasteiger partial charge >= 0.3 is 6.18 Å². The summed E-state index contributed by atoms with van der Waals surface area (Å²) in [6.07, 6.45) is -4.74. The van der Waals surface area contributed by atoms with E-state index in [4.69, 9.17) is 39.5 Å². The predicted octanol–water partition coefficient (Wildman–Crippen LogP) is 5.48. The number of hydrogen-bond donors (Lipinski definition) is 1. The molecule has 2 aromatic rings. The molecule has 0 atom stereocenters. The van der Waals surface area contributed by atoms with E-state index >= 15 is 0 Å². The molecule has 0 unspecified atom stereocenters. The van der Waals surface area contributed by atoms with E-state index in [9.17, 15) is 21.6 Å². The lowest BCUT2D eigenvalue weighted by molar-refractivity contribution is -0.137. The number of halogens is 6. The molecule has 1 N–H and O–H groups in total. The van der Waals surface area contributed by atoms with Crippen molar-refractivity contribution in [2.45, 2.75) is 11.1 Å². The summed E-state index contributed by atoms with van der Waals surface area (Å²) < 4.78 is 70.4. The fourth-order valence-electron chi connectivity index (χ4n) is 1.90. The first-order valence-corrected chi connectivity index (χ1v) is 9.00. The molecular weight excluding hydrogens is 426 g/mol. The summed E-state index contributed by atoms with van der Waals surface area (Å²) in [6, 6.07) is 5.00. The van der Waals surface area contributed by atoms with Gasteiger partial charge in [0.1, 0.15) is 15.7 Å². The average Bonchev–Trinajstić information content (AvgIpc) is 2.50. The third-order valence-electron chi connectivity index (χ3n) is 3.04. The zero-order valence-corrected chi connectivity index (χ0v) is 15.4. The lowest BCUT2D eigenvalue weighted by atomic mass is 10.2. The zero-order valence-electron chi connectivity index (χ0n) is 12.3. The predicted molar refractivity (Wildman–Crippen MR) is 90.3 cm³/mol. The van der Waals surface area contributed by atoms with E-state index in [0.29, 0.717) is 6.07 Å². The van der Waals surface area contributed by atoms with Crippen molar-refractivity contribution in [3.63, 3.8) is 0 Å². The van der Waals surface area contributed by atoms with Crippen LogP contribution in [0.4, 0.5) is 18.9 Å². The highest BCUT2D eigenvalue weighted by Crippen LogP contribution is 2.39. The Morgan fingerprint density at radius 2 is 1.68 bits per heavy atom. The second kappa shape index (κ2) is 7.11. The molecule has 0 amide bonds. The van der Waals surface area contributed by atoms with E-state index in [2.05, 4.69) is 0 Å². The summed E-state index contributed by atoms with van der Waals surface area (Å²) in [5.74, 6) is 0.150. The van der Waals surface area contributed by atoms with Crippen LogP contribution in [0.25, 0.3) is 0 Å². The molecule has 0 spiro atoms. The van der Waals surface area contributed by atoms with E-state index in [0.717, 1.165) is 18.2 Å². The van der Waals surface area contributed by atoms with Crippen LogP contribution in [0.15, 0.2) is 35.2 Å². The van der Waals surface area contributed by atoms with Crippen LogP contribution >= 0.6 is 34.8 Å². The molecular formula is C14H9Cl3F3NO3S. The van der Waals surface area contributed by atoms with Gasteiger partial charge in [-0.2, -0.15) is 13.2 Å². The first-order chi connectivity index (χ1) is 11.5. The first-order valence-electron chi connectivity index (χ1n) is 6.39. The van der Waals surface area contributed by atoms with E-state index in [1.165, 1.54) is 13.2 Å². The van der Waals surface area contributed by atoms with Crippen LogP contribution in [0, 0.1) is 0 Å². The van der Waals surface area contributed by atoms with Crippen LogP contribution in [0.5, 0.6) is 5.75 Å². The van der Waals surface area contributed by atoms with Crippen LogP contribution in [0.3, 0.4) is 0 Å². The smallest absolute Gasteiger partial charge is 0.417 e. The Kier molecular flexibility index (Phi) is 5.68. The monoisotopic (exact) mass is 433 g/mol. The Labute approximate surface area is 156 Å². The van der Waals surface area contributed by atoms with E-state index in [1.807, 2.05) is 4.72 Å². The van der Waals surface area contributed by atoms with Crippen LogP contribution in [-0.2, 0) is 16.2 Å². The third-order valence-corrected chi connectivity index (χ3v) is 5.77. The van der Waals surface area contributed by atoms with Crippen LogP contribution in [-0.4, -0.2) is 15.5 Å². The van der Waals surface area contributed by atoms with Gasteiger partial charge in [-0.3, -0.25) is 4.72 Å². The largest absolute Gasteiger partial charge is 0.495 e. The standard InChI is InChI=1S/C14H9Cl3F3NO3S/c1-24-10-4-5-11(13(17)12(10)16)25(22,23)21-7-2-3-9(15)8(6-7)14(18,19)20/h2-6,21H,1H3. The van der Waals surface area contributed by atoms with Gasteiger partial charge in [-0.1, -0.05) is 34.8 Å². The topological polar surface area (TPSA) is 55.4 Å². The van der Waals surface area contributed by atoms with Crippen LogP contribution < -0.4 is 9.46 Å². The molecule has 0 heterocycles. The summed E-state index contributed by atoms with van der Waals surface area (Å²) in [4.78, 5) is -0.413. The van der Waals surface area contributed by atoms with Gasteiger partial charge in [0.05, 0.1) is 22.7 Å². The van der Waals surface area contributed by atoms with Gasteiger partial charge in [0, 0.05) is 5.69 Å². The van der Waals surface area contributed by atoms with Crippen LogP contribution in [0.1, 0.15) is 5.56 Å². The number of anilines is 1. The van der Waals surface area contributed by atoms with Gasteiger partial charge in [-0.25, -0.2) is 8.42 Å². The number of alkyl halides is 3. The molecule has 0 fully saturated rings. The Balaban J connectivity index is 2.45. The van der Waals surface area contributed by atoms with Gasteiger partial charge in [-0.15, -0.1) is 0 Å². The number of methoxy groups -OCH3 is 1. The molecule has 11 heteroatoms. The molecule has 0 saturated heterocycles. The Hall–Kier alpha value is -1.35. The number of nitrogens with one attached hydrogen (secondary N) is 1. The second-order valence-corrected chi connectivity index (χ2v) is 7.51. The Morgan fingerprint density at radius 1 is 1.04 bits per heavy atom. The Bertz CT molecular complexity index is 918. The van der Waals surface area contributed by atoms with E-state index < -0.39 is 31.7 Å². The number of benzene rings is 2. The number of sulfonamides is 1. The first kappa shape index (κ1) is 20.0. The minimum absolute atomic E-state index is 0.140. The van der Waals surface area contributed by atoms with Crippen molar-refractivity contribution in [3.8, 4) is 5.75 Å². The highest BCUT2D eigenvalue weighted by molar-refractivity contribution is 7.92. The molecule has 0 bridgehead atoms. The van der Waals surface area contributed by atoms with E-state index in [-0.39, 0.29) is 21.5 Å². The third kappa shape index (κ3) is 4.25. The minimum Gasteiger partial charge on any atom is -0.495 e. The van der Waals surface area contributed by atoms with Crippen molar-refractivity contribution in [2.24, 2.45) is 0 Å². The van der Waals surface area contributed by atoms with E-state index in [1.54, 1.807) is 0 Å². The normalized spacial score (nSPS) is 12.1. The maximum atomic E-state index is 12.9. The van der Waals surface area contributed by atoms with Crippen molar-refractivity contribution in [3.05, 3.63) is 51.0 Å². The van der Waals surface area contributed by atoms with Crippen molar-refractivity contribution in [2.75, 3.05) is 11.8 Å². The van der Waals surface area contributed by atoms with Gasteiger partial charge in [-0.05, 0) is 30.3 Å². The van der Waals surface area contributed by atoms with Crippen molar-refractivity contribution in [1.29, 1.82) is 0 Å². The summed E-state index contributed by atoms with van der Waals surface area (Å²) >= 11 is 17.3. The summed E-state index contributed by atoms with van der Waals surface area (Å²) in [6.45, 7) is 0. The quantitative estimate of drug-likeness (QED) is 0.694. The fourth-order valence-corrected chi connectivity index (χ4v) is 4.01. The molecule has 0 aliphatic heterocycles. The van der Waals surface area contributed by atoms with Gasteiger partial charge in [0.25, 0.3) is 10.0 Å². The number of hydrogen-bond acceptors (Lipinski definition) is 3. The summed E-state index contributed by atoms with van der Waals surface area (Å²) in [5, 5.41) is -1.02. The second-order valence-electron chi connectivity index (χ2n) is 4.69. The highest BCUT2D eigenvalue weighted by atomic mass is 35.5. The SMILES string of the molecule is COc1ccc(S(=O)(=O)Nc2ccc(Cl)c(C(F)(F)F)c2)c(Cl)c1Cl. The maximum absolute atomic E-state index is 12.9. The lowest BCUT2D eigenvalue weighted by Crippen LogP contribution is -2.15. The van der Waals surface area contributed by atoms with Crippen molar-refractivity contribution >= 4 is 50.5 Å². The fraction of sp³-hybridized carbons (Fsp3) is 0.143. The molecule has 25 heavy (non-hydrogen) atoms. The van der Waals surface area contributed by atoms with Gasteiger partial charge in [0.2, 0.25) is 0 Å². The van der Waals surface area contributed by atoms with Gasteiger partial charge < -0.3 is 4.74 Å². The molecule has 2 aromatic carbocycles.